The van der Waals surface area contributed by atoms with E-state index in [1.165, 1.54) is 12.8 Å². The van der Waals surface area contributed by atoms with E-state index in [-0.39, 0.29) is 0 Å². The molecular formula is C16H24BrNO3. The minimum atomic E-state index is -0.503. The Hall–Kier alpha value is -0.620. The van der Waals surface area contributed by atoms with Crippen molar-refractivity contribution >= 4 is 15.9 Å². The molecule has 1 fully saturated rings. The first-order chi connectivity index (χ1) is 10.2. The summed E-state index contributed by atoms with van der Waals surface area (Å²) in [6, 6.07) is 7.62. The normalized spacial score (nSPS) is 20.2. The number of benzene rings is 1. The largest absolute Gasteiger partial charge is 0.491 e. The van der Waals surface area contributed by atoms with Gasteiger partial charge in [0.25, 0.3) is 0 Å². The Bertz CT molecular complexity index is 410. The van der Waals surface area contributed by atoms with E-state index in [1.807, 2.05) is 24.3 Å². The van der Waals surface area contributed by atoms with Crippen LogP contribution in [0, 0.1) is 0 Å². The van der Waals surface area contributed by atoms with Crippen LogP contribution >= 0.6 is 15.9 Å². The summed E-state index contributed by atoms with van der Waals surface area (Å²) in [7, 11) is 0. The van der Waals surface area contributed by atoms with Crippen molar-refractivity contribution < 1.29 is 14.6 Å². The van der Waals surface area contributed by atoms with Crippen molar-refractivity contribution in [1.29, 1.82) is 0 Å². The van der Waals surface area contributed by atoms with E-state index in [2.05, 4.69) is 21.2 Å². The van der Waals surface area contributed by atoms with Crippen molar-refractivity contribution in [3.63, 3.8) is 0 Å². The summed E-state index contributed by atoms with van der Waals surface area (Å²) in [4.78, 5) is 0. The molecule has 21 heavy (non-hydrogen) atoms. The van der Waals surface area contributed by atoms with Gasteiger partial charge in [-0.2, -0.15) is 0 Å². The second-order valence-electron chi connectivity index (χ2n) is 5.40. The number of aliphatic hydroxyl groups is 1. The first-order valence-corrected chi connectivity index (χ1v) is 8.42. The summed E-state index contributed by atoms with van der Waals surface area (Å²) < 4.78 is 12.2. The highest BCUT2D eigenvalue weighted by Crippen LogP contribution is 2.18. The maximum atomic E-state index is 9.89. The van der Waals surface area contributed by atoms with E-state index in [9.17, 15) is 5.11 Å². The highest BCUT2D eigenvalue weighted by atomic mass is 79.9. The Morgan fingerprint density at radius 1 is 1.43 bits per heavy atom. The molecule has 1 aliphatic heterocycles. The lowest BCUT2D eigenvalue weighted by atomic mass is 10.1. The van der Waals surface area contributed by atoms with Crippen LogP contribution in [0.15, 0.2) is 28.7 Å². The fraction of sp³-hybridized carbons (Fsp3) is 0.625. The Morgan fingerprint density at radius 2 is 2.33 bits per heavy atom. The molecule has 0 aromatic heterocycles. The zero-order valence-corrected chi connectivity index (χ0v) is 13.8. The molecule has 0 spiro atoms. The number of rotatable bonds is 8. The van der Waals surface area contributed by atoms with Crippen LogP contribution < -0.4 is 10.1 Å². The lowest BCUT2D eigenvalue weighted by Gasteiger charge is -2.22. The van der Waals surface area contributed by atoms with Gasteiger partial charge in [0.1, 0.15) is 18.5 Å². The van der Waals surface area contributed by atoms with Crippen LogP contribution in [0.1, 0.15) is 25.7 Å². The Kier molecular flexibility index (Phi) is 7.50. The molecule has 0 radical (unpaired) electrons. The van der Waals surface area contributed by atoms with Gasteiger partial charge in [-0.1, -0.05) is 22.0 Å². The molecule has 1 aliphatic rings. The van der Waals surface area contributed by atoms with Gasteiger partial charge in [-0.05, 0) is 50.4 Å². The Labute approximate surface area is 135 Å². The molecule has 5 heteroatoms. The van der Waals surface area contributed by atoms with Gasteiger partial charge in [-0.25, -0.2) is 0 Å². The molecule has 2 atom stereocenters. The van der Waals surface area contributed by atoms with Gasteiger partial charge < -0.3 is 19.9 Å². The number of nitrogens with one attached hydrogen (secondary N) is 1. The SMILES string of the molecule is OC(CNCCC1CCCCO1)COc1cccc(Br)c1. The van der Waals surface area contributed by atoms with Crippen LogP contribution in [-0.4, -0.2) is 43.6 Å². The van der Waals surface area contributed by atoms with Crippen LogP contribution in [0.25, 0.3) is 0 Å². The summed E-state index contributed by atoms with van der Waals surface area (Å²) in [5, 5.41) is 13.1. The quantitative estimate of drug-likeness (QED) is 0.702. The van der Waals surface area contributed by atoms with Crippen LogP contribution in [-0.2, 0) is 4.74 Å². The minimum absolute atomic E-state index is 0.295. The van der Waals surface area contributed by atoms with Gasteiger partial charge in [0, 0.05) is 17.6 Å². The summed E-state index contributed by atoms with van der Waals surface area (Å²) in [5.74, 6) is 0.763. The lowest BCUT2D eigenvalue weighted by molar-refractivity contribution is 0.0109. The monoisotopic (exact) mass is 357 g/mol. The molecule has 0 aliphatic carbocycles. The zero-order valence-electron chi connectivity index (χ0n) is 12.3. The highest BCUT2D eigenvalue weighted by molar-refractivity contribution is 9.10. The number of aliphatic hydroxyl groups excluding tert-OH is 1. The fourth-order valence-corrected chi connectivity index (χ4v) is 2.75. The molecule has 4 nitrogen and oxygen atoms in total. The predicted octanol–water partition coefficient (Wildman–Crippen LogP) is 2.74. The van der Waals surface area contributed by atoms with Crippen LogP contribution in [0.4, 0.5) is 0 Å². The topological polar surface area (TPSA) is 50.7 Å². The molecular weight excluding hydrogens is 334 g/mol. The second kappa shape index (κ2) is 9.41. The van der Waals surface area contributed by atoms with Gasteiger partial charge in [-0.15, -0.1) is 0 Å². The average Bonchev–Trinajstić information content (AvgIpc) is 2.51. The van der Waals surface area contributed by atoms with Gasteiger partial charge in [0.2, 0.25) is 0 Å². The van der Waals surface area contributed by atoms with Crippen molar-refractivity contribution in [1.82, 2.24) is 5.32 Å². The molecule has 0 amide bonds. The third-order valence-electron chi connectivity index (χ3n) is 3.54. The van der Waals surface area contributed by atoms with E-state index in [0.717, 1.165) is 36.2 Å². The molecule has 1 aromatic rings. The van der Waals surface area contributed by atoms with Gasteiger partial charge in [-0.3, -0.25) is 0 Å². The maximum Gasteiger partial charge on any atom is 0.120 e. The molecule has 118 valence electrons. The van der Waals surface area contributed by atoms with E-state index < -0.39 is 6.10 Å². The lowest BCUT2D eigenvalue weighted by Crippen LogP contribution is -2.33. The van der Waals surface area contributed by atoms with Gasteiger partial charge in [0.15, 0.2) is 0 Å². The summed E-state index contributed by atoms with van der Waals surface area (Å²) in [6.45, 7) is 2.61. The maximum absolute atomic E-state index is 9.89. The third kappa shape index (κ3) is 6.78. The van der Waals surface area contributed by atoms with Crippen LogP contribution in [0.2, 0.25) is 0 Å². The van der Waals surface area contributed by atoms with Crippen LogP contribution in [0.3, 0.4) is 0 Å². The number of halogens is 1. The summed E-state index contributed by atoms with van der Waals surface area (Å²) in [5.41, 5.74) is 0. The zero-order chi connectivity index (χ0) is 14.9. The van der Waals surface area contributed by atoms with Crippen LogP contribution in [0.5, 0.6) is 5.75 Å². The number of ether oxygens (including phenoxy) is 2. The molecule has 0 bridgehead atoms. The van der Waals surface area contributed by atoms with Crippen molar-refractivity contribution in [3.8, 4) is 5.75 Å². The molecule has 0 saturated carbocycles. The predicted molar refractivity (Wildman–Crippen MR) is 86.7 cm³/mol. The van der Waals surface area contributed by atoms with Crippen molar-refractivity contribution in [2.75, 3.05) is 26.3 Å². The van der Waals surface area contributed by atoms with E-state index in [4.69, 9.17) is 9.47 Å². The molecule has 1 saturated heterocycles. The highest BCUT2D eigenvalue weighted by Gasteiger charge is 2.13. The Balaban J connectivity index is 1.54. The number of hydrogen-bond donors (Lipinski definition) is 2. The first kappa shape index (κ1) is 16.7. The van der Waals surface area contributed by atoms with Crippen molar-refractivity contribution in [2.45, 2.75) is 37.9 Å². The smallest absolute Gasteiger partial charge is 0.120 e. The minimum Gasteiger partial charge on any atom is -0.491 e. The standard InChI is InChI=1S/C16H24BrNO3/c17-13-4-3-6-16(10-13)21-12-14(19)11-18-8-7-15-5-1-2-9-20-15/h3-4,6,10,14-15,18-19H,1-2,5,7-9,11-12H2. The fourth-order valence-electron chi connectivity index (χ4n) is 2.37. The average molecular weight is 358 g/mol. The molecule has 2 rings (SSSR count). The summed E-state index contributed by atoms with van der Waals surface area (Å²) in [6.07, 6.45) is 4.52. The Morgan fingerprint density at radius 3 is 3.10 bits per heavy atom. The van der Waals surface area contributed by atoms with Gasteiger partial charge in [0.05, 0.1) is 6.10 Å². The van der Waals surface area contributed by atoms with E-state index in [0.29, 0.717) is 19.3 Å². The van der Waals surface area contributed by atoms with Crippen molar-refractivity contribution in [3.05, 3.63) is 28.7 Å². The van der Waals surface area contributed by atoms with Gasteiger partial charge >= 0.3 is 0 Å². The molecule has 2 N–H and O–H groups in total. The van der Waals surface area contributed by atoms with E-state index >= 15 is 0 Å². The second-order valence-corrected chi connectivity index (χ2v) is 6.32. The first-order valence-electron chi connectivity index (χ1n) is 7.63. The van der Waals surface area contributed by atoms with E-state index in [1.54, 1.807) is 0 Å². The van der Waals surface area contributed by atoms with Crippen molar-refractivity contribution in [2.24, 2.45) is 0 Å². The molecule has 1 aromatic carbocycles. The third-order valence-corrected chi connectivity index (χ3v) is 4.03. The molecule has 2 unspecified atom stereocenters. The molecule has 1 heterocycles. The summed E-state index contributed by atoms with van der Waals surface area (Å²) >= 11 is 3.39. The number of hydrogen-bond acceptors (Lipinski definition) is 4.